The van der Waals surface area contributed by atoms with Gasteiger partial charge in [0, 0.05) is 27.2 Å². The van der Waals surface area contributed by atoms with Crippen molar-refractivity contribution in [2.24, 2.45) is 0 Å². The number of nitrogens with zero attached hydrogens (tertiary/aromatic N) is 1. The van der Waals surface area contributed by atoms with Crippen LogP contribution in [0, 0.1) is 0 Å². The SMILES string of the molecule is CC1(C)c2ccccc2-c2cc3oc4ccc(-c5ccc(-n6c7ccccc7c7ccccc76)cc5)cc4c3cc2C1(C)C. The summed E-state index contributed by atoms with van der Waals surface area (Å²) in [5, 5.41) is 4.91. The lowest BCUT2D eigenvalue weighted by molar-refractivity contribution is 0.299. The first-order valence-electron chi connectivity index (χ1n) is 15.5. The van der Waals surface area contributed by atoms with Crippen LogP contribution >= 0.6 is 0 Å². The van der Waals surface area contributed by atoms with E-state index in [-0.39, 0.29) is 10.8 Å². The minimum Gasteiger partial charge on any atom is -0.456 e. The number of para-hydroxylation sites is 2. The van der Waals surface area contributed by atoms with Crippen LogP contribution < -0.4 is 0 Å². The largest absolute Gasteiger partial charge is 0.456 e. The zero-order valence-corrected chi connectivity index (χ0v) is 25.5. The van der Waals surface area contributed by atoms with Crippen molar-refractivity contribution in [3.63, 3.8) is 0 Å². The Hall–Kier alpha value is -5.08. The number of benzene rings is 6. The fraction of sp³-hybridized carbons (Fsp3) is 0.143. The first kappa shape index (κ1) is 25.4. The molecule has 8 aromatic rings. The maximum Gasteiger partial charge on any atom is 0.136 e. The number of hydrogen-bond donors (Lipinski definition) is 0. The molecule has 2 heteroatoms. The number of fused-ring (bicyclic) bond motifs is 9. The third-order valence-electron chi connectivity index (χ3n) is 10.8. The van der Waals surface area contributed by atoms with Gasteiger partial charge in [-0.1, -0.05) is 107 Å². The molecule has 9 rings (SSSR count). The van der Waals surface area contributed by atoms with E-state index >= 15 is 0 Å². The molecule has 0 fully saturated rings. The van der Waals surface area contributed by atoms with Crippen LogP contribution in [0.4, 0.5) is 0 Å². The van der Waals surface area contributed by atoms with Gasteiger partial charge >= 0.3 is 0 Å². The average Bonchev–Trinajstić information content (AvgIpc) is 3.58. The minimum atomic E-state index is -0.0469. The highest BCUT2D eigenvalue weighted by atomic mass is 16.3. The summed E-state index contributed by atoms with van der Waals surface area (Å²) in [5.74, 6) is 0. The number of rotatable bonds is 2. The normalized spacial score (nSPS) is 15.2. The van der Waals surface area contributed by atoms with Gasteiger partial charge in [0.2, 0.25) is 0 Å². The van der Waals surface area contributed by atoms with Gasteiger partial charge in [-0.3, -0.25) is 0 Å². The van der Waals surface area contributed by atoms with Crippen LogP contribution in [0.2, 0.25) is 0 Å². The minimum absolute atomic E-state index is 0.00686. The van der Waals surface area contributed by atoms with Gasteiger partial charge in [0.25, 0.3) is 0 Å². The zero-order valence-electron chi connectivity index (χ0n) is 25.5. The van der Waals surface area contributed by atoms with E-state index in [9.17, 15) is 0 Å². The molecule has 2 aromatic heterocycles. The van der Waals surface area contributed by atoms with Crippen LogP contribution in [0.15, 0.2) is 132 Å². The molecule has 2 heterocycles. The Morgan fingerprint density at radius 1 is 0.455 bits per heavy atom. The standard InChI is InChI=1S/C42H33NO/c1-41(2)35-14-8-5-11-29(35)32-25-40-34(24-36(32)42(41,3)4)33-23-27(19-22-39(33)44-40)26-17-20-28(21-18-26)43-37-15-9-6-12-30(37)31-13-7-10-16-38(31)43/h5-25H,1-4H3. The van der Waals surface area contributed by atoms with Crippen molar-refractivity contribution in [3.8, 4) is 27.9 Å². The average molecular weight is 568 g/mol. The van der Waals surface area contributed by atoms with E-state index in [1.54, 1.807) is 0 Å². The molecule has 1 aliphatic rings. The van der Waals surface area contributed by atoms with Crippen LogP contribution in [-0.2, 0) is 10.8 Å². The summed E-state index contributed by atoms with van der Waals surface area (Å²) < 4.78 is 8.86. The van der Waals surface area contributed by atoms with E-state index in [1.165, 1.54) is 66.0 Å². The van der Waals surface area contributed by atoms with E-state index < -0.39 is 0 Å². The van der Waals surface area contributed by atoms with Crippen LogP contribution in [-0.4, -0.2) is 4.57 Å². The fourth-order valence-electron chi connectivity index (χ4n) is 7.68. The summed E-state index contributed by atoms with van der Waals surface area (Å²) in [6, 6.07) is 46.5. The highest BCUT2D eigenvalue weighted by Crippen LogP contribution is 2.55. The maximum absolute atomic E-state index is 6.49. The van der Waals surface area contributed by atoms with Gasteiger partial charge in [-0.15, -0.1) is 0 Å². The Morgan fingerprint density at radius 3 is 1.77 bits per heavy atom. The molecule has 0 bridgehead atoms. The van der Waals surface area contributed by atoms with Crippen LogP contribution in [0.1, 0.15) is 38.8 Å². The molecular weight excluding hydrogens is 534 g/mol. The number of hydrogen-bond acceptors (Lipinski definition) is 1. The molecule has 0 saturated carbocycles. The Morgan fingerprint density at radius 2 is 1.05 bits per heavy atom. The fourth-order valence-corrected chi connectivity index (χ4v) is 7.68. The lowest BCUT2D eigenvalue weighted by Gasteiger charge is -2.48. The van der Waals surface area contributed by atoms with E-state index in [0.717, 1.165) is 16.9 Å². The predicted octanol–water partition coefficient (Wildman–Crippen LogP) is 11.6. The van der Waals surface area contributed by atoms with Crippen LogP contribution in [0.5, 0.6) is 0 Å². The monoisotopic (exact) mass is 567 g/mol. The summed E-state index contributed by atoms with van der Waals surface area (Å²) in [5.41, 5.74) is 13.2. The molecule has 0 atom stereocenters. The highest BCUT2D eigenvalue weighted by Gasteiger charge is 2.46. The molecule has 6 aromatic carbocycles. The van der Waals surface area contributed by atoms with Crippen molar-refractivity contribution in [2.75, 3.05) is 0 Å². The van der Waals surface area contributed by atoms with Crippen molar-refractivity contribution in [1.82, 2.24) is 4.57 Å². The second-order valence-electron chi connectivity index (χ2n) is 13.4. The summed E-state index contributed by atoms with van der Waals surface area (Å²) in [7, 11) is 0. The third-order valence-corrected chi connectivity index (χ3v) is 10.8. The second-order valence-corrected chi connectivity index (χ2v) is 13.4. The van der Waals surface area contributed by atoms with Gasteiger partial charge in [-0.05, 0) is 92.7 Å². The molecular formula is C42H33NO. The van der Waals surface area contributed by atoms with Crippen molar-refractivity contribution in [1.29, 1.82) is 0 Å². The Balaban J connectivity index is 1.18. The van der Waals surface area contributed by atoms with Crippen molar-refractivity contribution >= 4 is 43.7 Å². The van der Waals surface area contributed by atoms with Gasteiger partial charge < -0.3 is 8.98 Å². The second kappa shape index (κ2) is 8.74. The molecule has 44 heavy (non-hydrogen) atoms. The zero-order chi connectivity index (χ0) is 29.8. The molecule has 0 radical (unpaired) electrons. The molecule has 0 amide bonds. The van der Waals surface area contributed by atoms with Gasteiger partial charge in [0.15, 0.2) is 0 Å². The quantitative estimate of drug-likeness (QED) is 0.203. The Bertz CT molecular complexity index is 2380. The van der Waals surface area contributed by atoms with Crippen molar-refractivity contribution in [3.05, 3.63) is 139 Å². The first-order chi connectivity index (χ1) is 21.3. The molecule has 0 N–H and O–H groups in total. The lowest BCUT2D eigenvalue weighted by Crippen LogP contribution is -2.43. The molecule has 0 spiro atoms. The summed E-state index contributed by atoms with van der Waals surface area (Å²) in [6.07, 6.45) is 0. The smallest absolute Gasteiger partial charge is 0.136 e. The summed E-state index contributed by atoms with van der Waals surface area (Å²) >= 11 is 0. The predicted molar refractivity (Wildman–Crippen MR) is 185 cm³/mol. The molecule has 212 valence electrons. The van der Waals surface area contributed by atoms with E-state index in [2.05, 4.69) is 160 Å². The van der Waals surface area contributed by atoms with Gasteiger partial charge in [-0.2, -0.15) is 0 Å². The molecule has 2 nitrogen and oxygen atoms in total. The van der Waals surface area contributed by atoms with Crippen molar-refractivity contribution in [2.45, 2.75) is 38.5 Å². The maximum atomic E-state index is 6.49. The summed E-state index contributed by atoms with van der Waals surface area (Å²) in [4.78, 5) is 0. The van der Waals surface area contributed by atoms with Gasteiger partial charge in [0.1, 0.15) is 11.2 Å². The highest BCUT2D eigenvalue weighted by molar-refractivity contribution is 6.10. The van der Waals surface area contributed by atoms with E-state index in [1.807, 2.05) is 0 Å². The Kier molecular flexibility index (Phi) is 5.05. The lowest BCUT2D eigenvalue weighted by atomic mass is 9.55. The Labute approximate surface area is 257 Å². The summed E-state index contributed by atoms with van der Waals surface area (Å²) in [6.45, 7) is 9.54. The van der Waals surface area contributed by atoms with Crippen molar-refractivity contribution < 1.29 is 4.42 Å². The molecule has 0 unspecified atom stereocenters. The molecule has 0 aliphatic heterocycles. The number of furan rings is 1. The third kappa shape index (κ3) is 3.31. The topological polar surface area (TPSA) is 18.1 Å². The van der Waals surface area contributed by atoms with Gasteiger partial charge in [-0.25, -0.2) is 0 Å². The van der Waals surface area contributed by atoms with Gasteiger partial charge in [0.05, 0.1) is 11.0 Å². The van der Waals surface area contributed by atoms with Crippen LogP contribution in [0.25, 0.3) is 71.7 Å². The molecule has 1 aliphatic carbocycles. The van der Waals surface area contributed by atoms with E-state index in [0.29, 0.717) is 0 Å². The van der Waals surface area contributed by atoms with E-state index in [4.69, 9.17) is 4.42 Å². The number of aromatic nitrogens is 1. The van der Waals surface area contributed by atoms with Crippen LogP contribution in [0.3, 0.4) is 0 Å². The molecule has 0 saturated heterocycles. The first-order valence-corrected chi connectivity index (χ1v) is 15.5.